The average Bonchev–Trinajstić information content (AvgIpc) is 2.51. The Morgan fingerprint density at radius 3 is 2.50 bits per heavy atom. The minimum atomic E-state index is -0.851. The van der Waals surface area contributed by atoms with Gasteiger partial charge < -0.3 is 21.5 Å². The number of rotatable bonds is 10. The number of hydrogen-bond acceptors (Lipinski definition) is 4. The lowest BCUT2D eigenvalue weighted by atomic mass is 10.1. The van der Waals surface area contributed by atoms with Crippen molar-refractivity contribution in [3.63, 3.8) is 0 Å². The molecule has 22 heavy (non-hydrogen) atoms. The summed E-state index contributed by atoms with van der Waals surface area (Å²) < 4.78 is 0. The molecule has 0 unspecified atom stereocenters. The normalized spacial score (nSPS) is 13.4. The van der Waals surface area contributed by atoms with Gasteiger partial charge in [0.1, 0.15) is 6.04 Å². The molecule has 1 amide bonds. The number of amides is 1. The summed E-state index contributed by atoms with van der Waals surface area (Å²) in [5.41, 5.74) is 6.90. The quantitative estimate of drug-likeness (QED) is 0.472. The number of carbonyl (C=O) groups is 2. The van der Waals surface area contributed by atoms with Gasteiger partial charge in [0.25, 0.3) is 0 Å². The van der Waals surface area contributed by atoms with Crippen molar-refractivity contribution in [1.29, 1.82) is 0 Å². The molecule has 1 aromatic carbocycles. The van der Waals surface area contributed by atoms with E-state index in [1.165, 1.54) is 0 Å². The molecule has 5 N–H and O–H groups in total. The highest BCUT2D eigenvalue weighted by Crippen LogP contribution is 2.03. The predicted octanol–water partition coefficient (Wildman–Crippen LogP) is 0.516. The van der Waals surface area contributed by atoms with Crippen molar-refractivity contribution in [1.82, 2.24) is 10.6 Å². The number of nitrogens with two attached hydrogens (primary N) is 1. The van der Waals surface area contributed by atoms with Crippen LogP contribution in [-0.2, 0) is 16.0 Å². The van der Waals surface area contributed by atoms with Crippen LogP contribution < -0.4 is 16.4 Å². The summed E-state index contributed by atoms with van der Waals surface area (Å²) in [6.45, 7) is 0.511. The van der Waals surface area contributed by atoms with Crippen LogP contribution in [0.15, 0.2) is 30.3 Å². The van der Waals surface area contributed by atoms with Crippen LogP contribution in [-0.4, -0.2) is 42.7 Å². The first-order valence-electron chi connectivity index (χ1n) is 7.52. The molecule has 6 nitrogen and oxygen atoms in total. The third-order valence-electron chi connectivity index (χ3n) is 3.50. The Labute approximate surface area is 131 Å². The van der Waals surface area contributed by atoms with Crippen LogP contribution in [0.5, 0.6) is 0 Å². The molecular formula is C16H25N3O3. The number of carboxylic acids is 1. The SMILES string of the molecule is CN[C@@H](CCCCNC(=O)[C@@H](N)Cc1ccccc1)C(=O)O. The molecular weight excluding hydrogens is 282 g/mol. The van der Waals surface area contributed by atoms with Crippen molar-refractivity contribution in [2.45, 2.75) is 37.8 Å². The number of unbranched alkanes of at least 4 members (excludes halogenated alkanes) is 1. The molecule has 0 aliphatic carbocycles. The van der Waals surface area contributed by atoms with E-state index >= 15 is 0 Å². The van der Waals surface area contributed by atoms with E-state index in [0.29, 0.717) is 19.4 Å². The molecule has 2 atom stereocenters. The summed E-state index contributed by atoms with van der Waals surface area (Å²) in [7, 11) is 1.63. The molecule has 1 rings (SSSR count). The van der Waals surface area contributed by atoms with Gasteiger partial charge in [-0.3, -0.25) is 9.59 Å². The Bertz CT molecular complexity index is 465. The number of hydrogen-bond donors (Lipinski definition) is 4. The lowest BCUT2D eigenvalue weighted by Crippen LogP contribution is -2.42. The van der Waals surface area contributed by atoms with Gasteiger partial charge in [-0.05, 0) is 38.3 Å². The smallest absolute Gasteiger partial charge is 0.320 e. The predicted molar refractivity (Wildman–Crippen MR) is 85.5 cm³/mol. The van der Waals surface area contributed by atoms with E-state index in [4.69, 9.17) is 10.8 Å². The maximum Gasteiger partial charge on any atom is 0.320 e. The summed E-state index contributed by atoms with van der Waals surface area (Å²) in [6.07, 6.45) is 2.51. The van der Waals surface area contributed by atoms with Crippen LogP contribution in [0, 0.1) is 0 Å². The Balaban J connectivity index is 2.19. The number of likely N-dealkylation sites (N-methyl/N-ethyl adjacent to an activating group) is 1. The number of nitrogens with one attached hydrogen (secondary N) is 2. The number of aliphatic carboxylic acids is 1. The molecule has 0 heterocycles. The van der Waals surface area contributed by atoms with Crippen molar-refractivity contribution in [2.24, 2.45) is 5.73 Å². The molecule has 0 aromatic heterocycles. The largest absolute Gasteiger partial charge is 0.480 e. The van der Waals surface area contributed by atoms with Crippen molar-refractivity contribution >= 4 is 11.9 Å². The molecule has 122 valence electrons. The van der Waals surface area contributed by atoms with Crippen LogP contribution in [0.3, 0.4) is 0 Å². The molecule has 6 heteroatoms. The first kappa shape index (κ1) is 18.1. The number of carbonyl (C=O) groups excluding carboxylic acids is 1. The summed E-state index contributed by atoms with van der Waals surface area (Å²) in [4.78, 5) is 22.7. The molecule has 0 bridgehead atoms. The zero-order valence-electron chi connectivity index (χ0n) is 12.9. The number of carboxylic acid groups (broad SMARTS) is 1. The van der Waals surface area contributed by atoms with E-state index < -0.39 is 18.1 Å². The van der Waals surface area contributed by atoms with Gasteiger partial charge in [0.15, 0.2) is 0 Å². The Hall–Kier alpha value is -1.92. The third-order valence-corrected chi connectivity index (χ3v) is 3.50. The minimum absolute atomic E-state index is 0.174. The first-order valence-corrected chi connectivity index (χ1v) is 7.52. The molecule has 0 spiro atoms. The monoisotopic (exact) mass is 307 g/mol. The van der Waals surface area contributed by atoms with Crippen molar-refractivity contribution in [2.75, 3.05) is 13.6 Å². The van der Waals surface area contributed by atoms with Crippen LogP contribution >= 0.6 is 0 Å². The van der Waals surface area contributed by atoms with Gasteiger partial charge in [0.05, 0.1) is 6.04 Å². The molecule has 0 fully saturated rings. The fourth-order valence-electron chi connectivity index (χ4n) is 2.17. The van der Waals surface area contributed by atoms with E-state index in [-0.39, 0.29) is 5.91 Å². The first-order chi connectivity index (χ1) is 10.5. The van der Waals surface area contributed by atoms with Crippen molar-refractivity contribution in [3.05, 3.63) is 35.9 Å². The van der Waals surface area contributed by atoms with Crippen molar-refractivity contribution < 1.29 is 14.7 Å². The summed E-state index contributed by atoms with van der Waals surface area (Å²) >= 11 is 0. The highest BCUT2D eigenvalue weighted by atomic mass is 16.4. The highest BCUT2D eigenvalue weighted by Gasteiger charge is 2.15. The van der Waals surface area contributed by atoms with Crippen LogP contribution in [0.4, 0.5) is 0 Å². The topological polar surface area (TPSA) is 104 Å². The molecule has 0 radical (unpaired) electrons. The maximum atomic E-state index is 11.9. The summed E-state index contributed by atoms with van der Waals surface area (Å²) in [5.74, 6) is -1.02. The van der Waals surface area contributed by atoms with Crippen LogP contribution in [0.25, 0.3) is 0 Å². The van der Waals surface area contributed by atoms with E-state index in [9.17, 15) is 9.59 Å². The Kier molecular flexibility index (Phi) is 8.17. The molecule has 0 saturated heterocycles. The van der Waals surface area contributed by atoms with Gasteiger partial charge in [0, 0.05) is 6.54 Å². The highest BCUT2D eigenvalue weighted by molar-refractivity contribution is 5.81. The van der Waals surface area contributed by atoms with Gasteiger partial charge in [-0.25, -0.2) is 0 Å². The number of benzene rings is 1. The van der Waals surface area contributed by atoms with Crippen LogP contribution in [0.2, 0.25) is 0 Å². The zero-order chi connectivity index (χ0) is 16.4. The van der Waals surface area contributed by atoms with E-state index in [0.717, 1.165) is 18.4 Å². The minimum Gasteiger partial charge on any atom is -0.480 e. The standard InChI is InChI=1S/C16H25N3O3/c1-18-14(16(21)22)9-5-6-10-19-15(20)13(17)11-12-7-3-2-4-8-12/h2-4,7-8,13-14,18H,5-6,9-11,17H2,1H3,(H,19,20)(H,21,22)/t13-,14-/m0/s1. The molecule has 0 aliphatic heterocycles. The second kappa shape index (κ2) is 9.92. The fraction of sp³-hybridized carbons (Fsp3) is 0.500. The van der Waals surface area contributed by atoms with Crippen molar-refractivity contribution in [3.8, 4) is 0 Å². The second-order valence-corrected chi connectivity index (χ2v) is 5.26. The fourth-order valence-corrected chi connectivity index (χ4v) is 2.17. The average molecular weight is 307 g/mol. The van der Waals surface area contributed by atoms with Gasteiger partial charge in [0.2, 0.25) is 5.91 Å². The van der Waals surface area contributed by atoms with Gasteiger partial charge >= 0.3 is 5.97 Å². The Morgan fingerprint density at radius 1 is 1.23 bits per heavy atom. The molecule has 1 aromatic rings. The van der Waals surface area contributed by atoms with Gasteiger partial charge in [-0.1, -0.05) is 30.3 Å². The Morgan fingerprint density at radius 2 is 1.91 bits per heavy atom. The lowest BCUT2D eigenvalue weighted by molar-refractivity contribution is -0.139. The zero-order valence-corrected chi connectivity index (χ0v) is 12.9. The lowest BCUT2D eigenvalue weighted by Gasteiger charge is -2.13. The summed E-state index contributed by atoms with van der Waals surface area (Å²) in [6, 6.07) is 8.54. The summed E-state index contributed by atoms with van der Waals surface area (Å²) in [5, 5.41) is 14.4. The molecule has 0 aliphatic rings. The third kappa shape index (κ3) is 6.69. The molecule has 0 saturated carbocycles. The second-order valence-electron chi connectivity index (χ2n) is 5.26. The van der Waals surface area contributed by atoms with Gasteiger partial charge in [-0.15, -0.1) is 0 Å². The van der Waals surface area contributed by atoms with E-state index in [1.807, 2.05) is 30.3 Å². The van der Waals surface area contributed by atoms with E-state index in [1.54, 1.807) is 7.05 Å². The van der Waals surface area contributed by atoms with E-state index in [2.05, 4.69) is 10.6 Å². The van der Waals surface area contributed by atoms with Crippen LogP contribution in [0.1, 0.15) is 24.8 Å². The maximum absolute atomic E-state index is 11.9. The van der Waals surface area contributed by atoms with Gasteiger partial charge in [-0.2, -0.15) is 0 Å².